The van der Waals surface area contributed by atoms with Crippen LogP contribution in [0.3, 0.4) is 0 Å². The van der Waals surface area contributed by atoms with Gasteiger partial charge in [-0.25, -0.2) is 23.1 Å². The molecule has 12 heteroatoms. The summed E-state index contributed by atoms with van der Waals surface area (Å²) < 4.78 is 49.2. The van der Waals surface area contributed by atoms with Crippen LogP contribution in [0, 0.1) is 12.7 Å². The zero-order valence-electron chi connectivity index (χ0n) is 18.1. The van der Waals surface area contributed by atoms with Crippen molar-refractivity contribution in [2.45, 2.75) is 57.1 Å². The molecule has 0 saturated heterocycles. The number of nitrogens with zero attached hydrogens (tertiary/aromatic N) is 3. The zero-order valence-corrected chi connectivity index (χ0v) is 19.8. The minimum absolute atomic E-state index is 0. The Labute approximate surface area is 206 Å². The summed E-state index contributed by atoms with van der Waals surface area (Å²) in [4.78, 5) is 8.46. The molecule has 4 atom stereocenters. The second kappa shape index (κ2) is 10.2. The number of fused-ring (bicyclic) bond motifs is 2. The number of halogens is 5. The van der Waals surface area contributed by atoms with Gasteiger partial charge in [0.25, 0.3) is 6.43 Å². The second-order valence-electron chi connectivity index (χ2n) is 8.32. The molecule has 34 heavy (non-hydrogen) atoms. The molecule has 1 aliphatic heterocycles. The van der Waals surface area contributed by atoms with Crippen LogP contribution in [-0.2, 0) is 13.0 Å². The van der Waals surface area contributed by atoms with Gasteiger partial charge in [-0.2, -0.15) is 0 Å². The first kappa shape index (κ1) is 26.5. The van der Waals surface area contributed by atoms with E-state index in [1.165, 1.54) is 6.33 Å². The number of hydrogen-bond acceptors (Lipinski definition) is 6. The molecule has 1 aromatic carbocycles. The summed E-state index contributed by atoms with van der Waals surface area (Å²) in [7, 11) is 0. The van der Waals surface area contributed by atoms with Crippen LogP contribution in [0.15, 0.2) is 24.7 Å². The quantitative estimate of drug-likeness (QED) is 0.488. The lowest BCUT2D eigenvalue weighted by Crippen LogP contribution is -2.35. The summed E-state index contributed by atoms with van der Waals surface area (Å²) in [5, 5.41) is 25.4. The first-order valence-electron chi connectivity index (χ1n) is 10.5. The lowest BCUT2D eigenvalue weighted by atomic mass is 9.96. The molecule has 1 fully saturated rings. The lowest BCUT2D eigenvalue weighted by Gasteiger charge is -2.26. The Hall–Kier alpha value is -2.11. The maximum Gasteiger partial charge on any atom is 0.266 e. The number of aryl methyl sites for hydroxylation is 1. The molecule has 2 aliphatic rings. The van der Waals surface area contributed by atoms with E-state index in [9.17, 15) is 23.4 Å². The van der Waals surface area contributed by atoms with Crippen LogP contribution >= 0.6 is 24.8 Å². The van der Waals surface area contributed by atoms with Gasteiger partial charge in [-0.15, -0.1) is 24.8 Å². The van der Waals surface area contributed by atoms with E-state index in [2.05, 4.69) is 15.3 Å². The van der Waals surface area contributed by atoms with Crippen molar-refractivity contribution >= 4 is 35.8 Å². The van der Waals surface area contributed by atoms with Crippen molar-refractivity contribution in [2.75, 3.05) is 6.54 Å². The molecule has 5 rings (SSSR count). The van der Waals surface area contributed by atoms with E-state index in [-0.39, 0.29) is 55.5 Å². The number of rotatable bonds is 4. The van der Waals surface area contributed by atoms with Gasteiger partial charge in [0.05, 0.1) is 17.3 Å². The molecule has 1 aliphatic carbocycles. The third kappa shape index (κ3) is 4.33. The highest BCUT2D eigenvalue weighted by Gasteiger charge is 2.45. The molecule has 1 saturated carbocycles. The SMILES string of the molecule is Cc1ncnc2c1ccn2[C@@H]1C[C@H](Oc2cc(C(F)F)c(F)c3c2CNCC3)[C@@H](O)[C@H]1O.Cl.Cl. The third-order valence-corrected chi connectivity index (χ3v) is 6.50. The minimum Gasteiger partial charge on any atom is -0.487 e. The van der Waals surface area contributed by atoms with Crippen LogP contribution in [0.2, 0.25) is 0 Å². The summed E-state index contributed by atoms with van der Waals surface area (Å²) in [5.41, 5.74) is 1.38. The Morgan fingerprint density at radius 3 is 2.68 bits per heavy atom. The number of benzene rings is 1. The maximum absolute atomic E-state index is 14.6. The second-order valence-corrected chi connectivity index (χ2v) is 8.32. The molecule has 7 nitrogen and oxygen atoms in total. The zero-order chi connectivity index (χ0) is 22.6. The van der Waals surface area contributed by atoms with Crippen molar-refractivity contribution in [3.05, 3.63) is 52.9 Å². The molecule has 0 unspecified atom stereocenters. The van der Waals surface area contributed by atoms with Crippen LogP contribution in [0.5, 0.6) is 5.75 Å². The van der Waals surface area contributed by atoms with Gasteiger partial charge < -0.3 is 24.8 Å². The first-order valence-corrected chi connectivity index (χ1v) is 10.5. The number of nitrogens with one attached hydrogen (secondary N) is 1. The fourth-order valence-corrected chi connectivity index (χ4v) is 4.78. The van der Waals surface area contributed by atoms with E-state index in [1.807, 2.05) is 13.0 Å². The van der Waals surface area contributed by atoms with Crippen LogP contribution < -0.4 is 10.1 Å². The monoisotopic (exact) mass is 520 g/mol. The molecular formula is C22H25Cl2F3N4O3. The molecule has 2 aromatic heterocycles. The van der Waals surface area contributed by atoms with Gasteiger partial charge >= 0.3 is 0 Å². The smallest absolute Gasteiger partial charge is 0.266 e. The standard InChI is InChI=1S/C22H23F3N4O3.2ClH/c1-10-11-3-5-29(22(11)28-9-27-10)15-7-17(20(31)19(15)30)32-16-6-13(21(24)25)18(23)12-2-4-26-8-14(12)16;;/h3,5-6,9,15,17,19-21,26,30-31H,2,4,7-8H2,1H3;2*1H/t15-,17+,19+,20-;;/m1../s1. The van der Waals surface area contributed by atoms with Gasteiger partial charge in [0.2, 0.25) is 0 Å². The van der Waals surface area contributed by atoms with Gasteiger partial charge in [0.1, 0.15) is 41.9 Å². The van der Waals surface area contributed by atoms with Crippen LogP contribution in [0.25, 0.3) is 11.0 Å². The maximum atomic E-state index is 14.6. The number of aromatic nitrogens is 3. The van der Waals surface area contributed by atoms with Gasteiger partial charge in [-0.1, -0.05) is 0 Å². The van der Waals surface area contributed by atoms with E-state index in [0.29, 0.717) is 17.8 Å². The van der Waals surface area contributed by atoms with E-state index < -0.39 is 42.2 Å². The molecule has 0 bridgehead atoms. The number of hydrogen-bond donors (Lipinski definition) is 3. The molecule has 3 N–H and O–H groups in total. The molecule has 0 amide bonds. The van der Waals surface area contributed by atoms with Crippen molar-refractivity contribution < 1.29 is 28.1 Å². The summed E-state index contributed by atoms with van der Waals surface area (Å²) in [6, 6.07) is 2.32. The van der Waals surface area contributed by atoms with Gasteiger partial charge in [0, 0.05) is 30.1 Å². The topological polar surface area (TPSA) is 92.4 Å². The largest absolute Gasteiger partial charge is 0.487 e. The Morgan fingerprint density at radius 2 is 1.94 bits per heavy atom. The van der Waals surface area contributed by atoms with Gasteiger partial charge in [-0.3, -0.25) is 0 Å². The fourth-order valence-electron chi connectivity index (χ4n) is 4.78. The summed E-state index contributed by atoms with van der Waals surface area (Å²) >= 11 is 0. The Balaban J connectivity index is 0.00000162. The van der Waals surface area contributed by atoms with Gasteiger partial charge in [-0.05, 0) is 37.6 Å². The van der Waals surface area contributed by atoms with Crippen LogP contribution in [0.1, 0.15) is 41.3 Å². The van der Waals surface area contributed by atoms with E-state index in [0.717, 1.165) is 17.1 Å². The molecule has 0 spiro atoms. The highest BCUT2D eigenvalue weighted by atomic mass is 35.5. The molecule has 3 heterocycles. The van der Waals surface area contributed by atoms with E-state index >= 15 is 0 Å². The average molecular weight is 521 g/mol. The predicted octanol–water partition coefficient (Wildman–Crippen LogP) is 3.42. The number of aliphatic hydroxyl groups excluding tert-OH is 2. The fraction of sp³-hybridized carbons (Fsp3) is 0.455. The highest BCUT2D eigenvalue weighted by Crippen LogP contribution is 2.39. The van der Waals surface area contributed by atoms with Crippen LogP contribution in [0.4, 0.5) is 13.2 Å². The van der Waals surface area contributed by atoms with E-state index in [4.69, 9.17) is 4.74 Å². The molecule has 186 valence electrons. The predicted molar refractivity (Wildman–Crippen MR) is 124 cm³/mol. The number of ether oxygens (including phenoxy) is 1. The Kier molecular flexibility index (Phi) is 7.99. The minimum atomic E-state index is -2.99. The van der Waals surface area contributed by atoms with Crippen molar-refractivity contribution in [1.29, 1.82) is 0 Å². The normalized spacial score (nSPS) is 24.0. The van der Waals surface area contributed by atoms with Crippen molar-refractivity contribution in [3.63, 3.8) is 0 Å². The molecule has 0 radical (unpaired) electrons. The summed E-state index contributed by atoms with van der Waals surface area (Å²) in [6.45, 7) is 2.61. The van der Waals surface area contributed by atoms with E-state index in [1.54, 1.807) is 10.8 Å². The summed E-state index contributed by atoms with van der Waals surface area (Å²) in [6.07, 6.45) is -2.57. The van der Waals surface area contributed by atoms with Gasteiger partial charge in [0.15, 0.2) is 0 Å². The van der Waals surface area contributed by atoms with Crippen molar-refractivity contribution in [3.8, 4) is 5.75 Å². The Morgan fingerprint density at radius 1 is 1.18 bits per heavy atom. The highest BCUT2D eigenvalue weighted by molar-refractivity contribution is 5.85. The first-order chi connectivity index (χ1) is 15.4. The summed E-state index contributed by atoms with van der Waals surface area (Å²) in [5.74, 6) is -0.793. The molecular weight excluding hydrogens is 496 g/mol. The van der Waals surface area contributed by atoms with Crippen LogP contribution in [-0.4, -0.2) is 49.6 Å². The number of aliphatic hydroxyl groups is 2. The lowest BCUT2D eigenvalue weighted by molar-refractivity contribution is -0.0167. The Bertz CT molecular complexity index is 1180. The van der Waals surface area contributed by atoms with Crippen molar-refractivity contribution in [1.82, 2.24) is 19.9 Å². The third-order valence-electron chi connectivity index (χ3n) is 6.50. The van der Waals surface area contributed by atoms with Crippen molar-refractivity contribution in [2.24, 2.45) is 0 Å². The molecule has 3 aromatic rings. The average Bonchev–Trinajstić information content (AvgIpc) is 3.33. The number of alkyl halides is 2.